The average Bonchev–Trinajstić information content (AvgIpc) is 2.61. The first-order valence-corrected chi connectivity index (χ1v) is 7.90. The molecule has 0 aromatic carbocycles. The molecule has 0 aromatic heterocycles. The summed E-state index contributed by atoms with van der Waals surface area (Å²) in [5.74, 6) is 0.255. The van der Waals surface area contributed by atoms with Crippen LogP contribution in [0, 0.1) is 10.8 Å². The van der Waals surface area contributed by atoms with Gasteiger partial charge in [0.15, 0.2) is 0 Å². The highest BCUT2D eigenvalue weighted by molar-refractivity contribution is 5.74. The molecule has 0 fully saturated rings. The van der Waals surface area contributed by atoms with Gasteiger partial charge in [0.25, 0.3) is 0 Å². The second-order valence-electron chi connectivity index (χ2n) is 5.71. The first-order chi connectivity index (χ1) is 10.8. The summed E-state index contributed by atoms with van der Waals surface area (Å²) in [5, 5.41) is 51.9. The van der Waals surface area contributed by atoms with Crippen molar-refractivity contribution in [2.45, 2.75) is 47.0 Å². The maximum absolute atomic E-state index is 9.81. The second kappa shape index (κ2) is 16.3. The maximum Gasteiger partial charge on any atom is 0.129 e. The zero-order valence-electron chi connectivity index (χ0n) is 15.0. The Morgan fingerprint density at radius 2 is 0.826 bits per heavy atom. The van der Waals surface area contributed by atoms with E-state index in [0.717, 1.165) is 0 Å². The third kappa shape index (κ3) is 12.5. The van der Waals surface area contributed by atoms with Crippen molar-refractivity contribution in [3.05, 3.63) is 0 Å². The van der Waals surface area contributed by atoms with Gasteiger partial charge in [0.1, 0.15) is 5.78 Å². The van der Waals surface area contributed by atoms with Gasteiger partial charge in [-0.2, -0.15) is 0 Å². The van der Waals surface area contributed by atoms with Gasteiger partial charge in [-0.15, -0.1) is 0 Å². The van der Waals surface area contributed by atoms with E-state index in [1.807, 2.05) is 20.8 Å². The minimum atomic E-state index is -0.667. The fourth-order valence-corrected chi connectivity index (χ4v) is 0.971. The van der Waals surface area contributed by atoms with Crippen molar-refractivity contribution in [3.8, 4) is 0 Å². The molecule has 6 N–H and O–H groups in total. The number of rotatable bonds is 9. The first-order valence-electron chi connectivity index (χ1n) is 7.90. The Kier molecular flexibility index (Phi) is 19.3. The van der Waals surface area contributed by atoms with Crippen LogP contribution in [0.1, 0.15) is 47.0 Å². The Balaban J connectivity index is -0.000000273. The molecule has 0 radical (unpaired) electrons. The number of aliphatic hydroxyl groups excluding tert-OH is 6. The Bertz CT molecular complexity index is 206. The molecule has 0 rings (SSSR count). The van der Waals surface area contributed by atoms with E-state index in [9.17, 15) is 4.79 Å². The molecule has 0 unspecified atom stereocenters. The third-order valence-corrected chi connectivity index (χ3v) is 4.01. The van der Waals surface area contributed by atoms with E-state index in [4.69, 9.17) is 30.6 Å². The number of aliphatic hydroxyl groups is 6. The quantitative estimate of drug-likeness (QED) is 0.339. The molecule has 0 atom stereocenters. The highest BCUT2D eigenvalue weighted by Crippen LogP contribution is 2.18. The normalized spacial score (nSPS) is 11.0. The van der Waals surface area contributed by atoms with Gasteiger partial charge in [0, 0.05) is 17.3 Å². The molecule has 23 heavy (non-hydrogen) atoms. The fraction of sp³-hybridized carbons (Fsp3) is 0.938. The molecule has 7 heteroatoms. The summed E-state index contributed by atoms with van der Waals surface area (Å²) in [6.07, 6.45) is 1.85. The summed E-state index contributed by atoms with van der Waals surface area (Å²) >= 11 is 0. The van der Waals surface area contributed by atoms with Gasteiger partial charge < -0.3 is 35.4 Å². The van der Waals surface area contributed by atoms with Crippen molar-refractivity contribution in [3.63, 3.8) is 0 Å². The van der Waals surface area contributed by atoms with E-state index in [2.05, 4.69) is 0 Å². The third-order valence-electron chi connectivity index (χ3n) is 4.01. The number of carbonyl (C=O) groups excluding carboxylic acids is 1. The molecule has 0 aliphatic carbocycles. The van der Waals surface area contributed by atoms with Gasteiger partial charge in [-0.1, -0.05) is 20.8 Å². The smallest absolute Gasteiger partial charge is 0.129 e. The molecular formula is C16H36O7. The SMILES string of the molecule is CCC(C)=O.CCC(CO)(CO)CO.CCC(CO)(CO)CO. The minimum Gasteiger partial charge on any atom is -0.396 e. The van der Waals surface area contributed by atoms with Crippen molar-refractivity contribution in [2.75, 3.05) is 39.6 Å². The summed E-state index contributed by atoms with van der Waals surface area (Å²) < 4.78 is 0. The van der Waals surface area contributed by atoms with Gasteiger partial charge >= 0.3 is 0 Å². The Morgan fingerprint density at radius 3 is 0.826 bits per heavy atom. The van der Waals surface area contributed by atoms with Crippen molar-refractivity contribution >= 4 is 5.78 Å². The maximum atomic E-state index is 9.81. The number of hydrogen-bond acceptors (Lipinski definition) is 7. The van der Waals surface area contributed by atoms with E-state index in [0.29, 0.717) is 19.3 Å². The van der Waals surface area contributed by atoms with Crippen LogP contribution in [0.15, 0.2) is 0 Å². The molecule has 0 spiro atoms. The van der Waals surface area contributed by atoms with Crippen LogP contribution in [0.3, 0.4) is 0 Å². The molecule has 7 nitrogen and oxygen atoms in total. The number of hydrogen-bond donors (Lipinski definition) is 6. The fourth-order valence-electron chi connectivity index (χ4n) is 0.971. The largest absolute Gasteiger partial charge is 0.396 e. The molecule has 0 heterocycles. The van der Waals surface area contributed by atoms with Crippen LogP contribution in [0.25, 0.3) is 0 Å². The molecule has 0 amide bonds. The molecular weight excluding hydrogens is 304 g/mol. The van der Waals surface area contributed by atoms with Crippen molar-refractivity contribution in [2.24, 2.45) is 10.8 Å². The summed E-state index contributed by atoms with van der Waals surface area (Å²) in [6.45, 7) is 6.14. The molecule has 142 valence electrons. The number of carbonyl (C=O) groups is 1. The van der Waals surface area contributed by atoms with Gasteiger partial charge in [0.05, 0.1) is 39.6 Å². The van der Waals surface area contributed by atoms with E-state index in [-0.39, 0.29) is 45.4 Å². The Labute approximate surface area is 139 Å². The lowest BCUT2D eigenvalue weighted by atomic mass is 9.88. The first kappa shape index (κ1) is 27.3. The monoisotopic (exact) mass is 340 g/mol. The van der Waals surface area contributed by atoms with Crippen molar-refractivity contribution in [1.29, 1.82) is 0 Å². The van der Waals surface area contributed by atoms with E-state index in [1.54, 1.807) is 6.92 Å². The summed E-state index contributed by atoms with van der Waals surface area (Å²) in [6, 6.07) is 0. The summed E-state index contributed by atoms with van der Waals surface area (Å²) in [7, 11) is 0. The van der Waals surface area contributed by atoms with E-state index in [1.165, 1.54) is 0 Å². The predicted molar refractivity (Wildman–Crippen MR) is 88.9 cm³/mol. The predicted octanol–water partition coefficient (Wildman–Crippen LogP) is -0.295. The Morgan fingerprint density at radius 1 is 0.652 bits per heavy atom. The molecule has 0 saturated heterocycles. The molecule has 0 bridgehead atoms. The zero-order valence-corrected chi connectivity index (χ0v) is 15.0. The van der Waals surface area contributed by atoms with Crippen LogP contribution < -0.4 is 0 Å². The zero-order chi connectivity index (χ0) is 18.9. The lowest BCUT2D eigenvalue weighted by molar-refractivity contribution is -0.116. The number of Topliss-reactive ketones (excluding diaryl/α,β-unsaturated/α-hetero) is 1. The summed E-state index contributed by atoms with van der Waals surface area (Å²) in [4.78, 5) is 9.81. The van der Waals surface area contributed by atoms with Gasteiger partial charge in [-0.3, -0.25) is 0 Å². The standard InChI is InChI=1S/2C6H14O3.C4H8O/c2*1-2-6(3-7,4-8)5-9;1-3-4(2)5/h2*7-9H,2-5H2,1H3;3H2,1-2H3. The van der Waals surface area contributed by atoms with Gasteiger partial charge in [-0.05, 0) is 19.8 Å². The van der Waals surface area contributed by atoms with Crippen LogP contribution in [-0.4, -0.2) is 76.1 Å². The van der Waals surface area contributed by atoms with Gasteiger partial charge in [0.2, 0.25) is 0 Å². The number of ketones is 1. The van der Waals surface area contributed by atoms with Crippen molar-refractivity contribution < 1.29 is 35.4 Å². The minimum absolute atomic E-state index is 0.156. The highest BCUT2D eigenvalue weighted by atomic mass is 16.3. The van der Waals surface area contributed by atoms with Crippen molar-refractivity contribution in [1.82, 2.24) is 0 Å². The van der Waals surface area contributed by atoms with E-state index < -0.39 is 10.8 Å². The van der Waals surface area contributed by atoms with Crippen LogP contribution in [0.5, 0.6) is 0 Å². The molecule has 0 aliphatic heterocycles. The lowest BCUT2D eigenvalue weighted by Gasteiger charge is -2.24. The molecule has 0 aliphatic rings. The van der Waals surface area contributed by atoms with Crippen LogP contribution >= 0.6 is 0 Å². The second-order valence-corrected chi connectivity index (χ2v) is 5.71. The van der Waals surface area contributed by atoms with Gasteiger partial charge in [-0.25, -0.2) is 0 Å². The highest BCUT2D eigenvalue weighted by Gasteiger charge is 2.25. The lowest BCUT2D eigenvalue weighted by Crippen LogP contribution is -2.32. The molecule has 0 aromatic rings. The Hall–Kier alpha value is -0.570. The van der Waals surface area contributed by atoms with Crippen LogP contribution in [0.4, 0.5) is 0 Å². The van der Waals surface area contributed by atoms with Crippen LogP contribution in [0.2, 0.25) is 0 Å². The van der Waals surface area contributed by atoms with Crippen LogP contribution in [-0.2, 0) is 4.79 Å². The average molecular weight is 340 g/mol. The topological polar surface area (TPSA) is 138 Å². The van der Waals surface area contributed by atoms with E-state index >= 15 is 0 Å². The summed E-state index contributed by atoms with van der Waals surface area (Å²) in [5.41, 5.74) is -1.33. The molecule has 0 saturated carbocycles.